The number of fused-ring (bicyclic) bond motifs is 1. The predicted octanol–water partition coefficient (Wildman–Crippen LogP) is 5.94. The molecular weight excluding hydrogens is 480 g/mol. The molecule has 0 aromatic heterocycles. The Bertz CT molecular complexity index is 1280. The van der Waals surface area contributed by atoms with Crippen molar-refractivity contribution in [3.8, 4) is 16.9 Å². The summed E-state index contributed by atoms with van der Waals surface area (Å²) in [4.78, 5) is 39.4. The molecule has 0 bridgehead atoms. The zero-order valence-electron chi connectivity index (χ0n) is 22.2. The minimum atomic E-state index is -0.336. The molecule has 1 atom stereocenters. The van der Waals surface area contributed by atoms with E-state index in [1.165, 1.54) is 7.11 Å². The first kappa shape index (κ1) is 26.9. The maximum atomic E-state index is 13.1. The lowest BCUT2D eigenvalue weighted by atomic mass is 10.00. The fourth-order valence-electron chi connectivity index (χ4n) is 4.48. The van der Waals surface area contributed by atoms with Gasteiger partial charge >= 0.3 is 5.97 Å². The van der Waals surface area contributed by atoms with Crippen molar-refractivity contribution in [3.05, 3.63) is 83.4 Å². The Labute approximate surface area is 223 Å². The summed E-state index contributed by atoms with van der Waals surface area (Å²) >= 11 is 0. The van der Waals surface area contributed by atoms with Crippen LogP contribution in [0.2, 0.25) is 0 Å². The van der Waals surface area contributed by atoms with Gasteiger partial charge in [0.25, 0.3) is 11.8 Å². The second kappa shape index (κ2) is 12.4. The van der Waals surface area contributed by atoms with Gasteiger partial charge in [-0.2, -0.15) is 0 Å². The Hall–Kier alpha value is -4.13. The first-order chi connectivity index (χ1) is 18.4. The summed E-state index contributed by atoms with van der Waals surface area (Å²) in [5.41, 5.74) is 4.68. The molecule has 0 aliphatic carbocycles. The van der Waals surface area contributed by atoms with E-state index in [0.29, 0.717) is 42.9 Å². The van der Waals surface area contributed by atoms with Crippen LogP contribution in [0.4, 0.5) is 5.69 Å². The van der Waals surface area contributed by atoms with Crippen LogP contribution >= 0.6 is 0 Å². The van der Waals surface area contributed by atoms with Gasteiger partial charge in [0.05, 0.1) is 19.6 Å². The molecule has 0 fully saturated rings. The number of rotatable bonds is 11. The SMILES string of the molecule is CCCCOc1ccc(C(=O)Nc2ccc(-c3ccc4c(c3)C(=O)N(CC(CC)C(=O)OC)C4)cc2)cc1. The highest BCUT2D eigenvalue weighted by Crippen LogP contribution is 2.30. The van der Waals surface area contributed by atoms with Crippen LogP contribution in [-0.4, -0.2) is 42.9 Å². The number of esters is 1. The summed E-state index contributed by atoms with van der Waals surface area (Å²) in [5.74, 6) is -0.146. The molecule has 4 rings (SSSR count). The van der Waals surface area contributed by atoms with E-state index in [4.69, 9.17) is 9.47 Å². The molecule has 3 aromatic carbocycles. The monoisotopic (exact) mass is 514 g/mol. The number of carbonyl (C=O) groups excluding carboxylic acids is 3. The van der Waals surface area contributed by atoms with Gasteiger partial charge in [-0.15, -0.1) is 0 Å². The van der Waals surface area contributed by atoms with Crippen LogP contribution in [0, 0.1) is 5.92 Å². The quantitative estimate of drug-likeness (QED) is 0.253. The van der Waals surface area contributed by atoms with Crippen molar-refractivity contribution in [2.75, 3.05) is 25.6 Å². The summed E-state index contributed by atoms with van der Waals surface area (Å²) < 4.78 is 10.5. The molecular formula is C31H34N2O5. The number of amides is 2. The molecule has 1 heterocycles. The Balaban J connectivity index is 1.39. The van der Waals surface area contributed by atoms with E-state index < -0.39 is 0 Å². The van der Waals surface area contributed by atoms with Crippen LogP contribution < -0.4 is 10.1 Å². The molecule has 198 valence electrons. The number of nitrogens with one attached hydrogen (secondary N) is 1. The minimum Gasteiger partial charge on any atom is -0.494 e. The number of methoxy groups -OCH3 is 1. The lowest BCUT2D eigenvalue weighted by molar-refractivity contribution is -0.146. The van der Waals surface area contributed by atoms with Gasteiger partial charge in [0.1, 0.15) is 5.75 Å². The van der Waals surface area contributed by atoms with E-state index in [1.807, 2.05) is 61.5 Å². The van der Waals surface area contributed by atoms with E-state index in [1.54, 1.807) is 17.0 Å². The lowest BCUT2D eigenvalue weighted by Gasteiger charge is -2.20. The van der Waals surface area contributed by atoms with Crippen LogP contribution in [-0.2, 0) is 16.1 Å². The number of ether oxygens (including phenoxy) is 2. The average molecular weight is 515 g/mol. The highest BCUT2D eigenvalue weighted by Gasteiger charge is 2.31. The Morgan fingerprint density at radius 1 is 0.974 bits per heavy atom. The second-order valence-electron chi connectivity index (χ2n) is 9.44. The van der Waals surface area contributed by atoms with Gasteiger partial charge in [-0.1, -0.05) is 44.5 Å². The Morgan fingerprint density at radius 2 is 1.68 bits per heavy atom. The molecule has 3 aromatic rings. The number of anilines is 1. The van der Waals surface area contributed by atoms with Gasteiger partial charge in [0.2, 0.25) is 0 Å². The molecule has 1 N–H and O–H groups in total. The summed E-state index contributed by atoms with van der Waals surface area (Å²) in [5, 5.41) is 2.92. The lowest BCUT2D eigenvalue weighted by Crippen LogP contribution is -2.33. The average Bonchev–Trinajstić information content (AvgIpc) is 3.26. The van der Waals surface area contributed by atoms with E-state index in [0.717, 1.165) is 35.3 Å². The maximum Gasteiger partial charge on any atom is 0.310 e. The molecule has 38 heavy (non-hydrogen) atoms. The van der Waals surface area contributed by atoms with Gasteiger partial charge in [-0.3, -0.25) is 14.4 Å². The Morgan fingerprint density at radius 3 is 2.34 bits per heavy atom. The van der Waals surface area contributed by atoms with Crippen LogP contribution in [0.15, 0.2) is 66.7 Å². The van der Waals surface area contributed by atoms with E-state index in [2.05, 4.69) is 12.2 Å². The fourth-order valence-corrected chi connectivity index (χ4v) is 4.48. The predicted molar refractivity (Wildman–Crippen MR) is 147 cm³/mol. The fraction of sp³-hybridized carbons (Fsp3) is 0.323. The molecule has 0 saturated heterocycles. The molecule has 2 amide bonds. The molecule has 0 radical (unpaired) electrons. The van der Waals surface area contributed by atoms with E-state index in [9.17, 15) is 14.4 Å². The number of carbonyl (C=O) groups is 3. The van der Waals surface area contributed by atoms with Crippen molar-refractivity contribution in [3.63, 3.8) is 0 Å². The van der Waals surface area contributed by atoms with Crippen LogP contribution in [0.1, 0.15) is 59.4 Å². The van der Waals surface area contributed by atoms with Gasteiger partial charge in [-0.05, 0) is 72.0 Å². The van der Waals surface area contributed by atoms with Crippen molar-refractivity contribution < 1.29 is 23.9 Å². The molecule has 0 saturated carbocycles. The largest absolute Gasteiger partial charge is 0.494 e. The smallest absolute Gasteiger partial charge is 0.310 e. The first-order valence-electron chi connectivity index (χ1n) is 13.1. The third-order valence-corrected chi connectivity index (χ3v) is 6.82. The Kier molecular flexibility index (Phi) is 8.79. The van der Waals surface area contributed by atoms with Gasteiger partial charge in [-0.25, -0.2) is 0 Å². The van der Waals surface area contributed by atoms with Gasteiger partial charge in [0, 0.05) is 29.9 Å². The zero-order chi connectivity index (χ0) is 27.1. The van der Waals surface area contributed by atoms with E-state index >= 15 is 0 Å². The second-order valence-corrected chi connectivity index (χ2v) is 9.44. The van der Waals surface area contributed by atoms with Crippen molar-refractivity contribution in [2.45, 2.75) is 39.7 Å². The highest BCUT2D eigenvalue weighted by atomic mass is 16.5. The zero-order valence-corrected chi connectivity index (χ0v) is 22.2. The summed E-state index contributed by atoms with van der Waals surface area (Å²) in [6.45, 7) is 5.52. The van der Waals surface area contributed by atoms with Crippen LogP contribution in [0.25, 0.3) is 11.1 Å². The van der Waals surface area contributed by atoms with E-state index in [-0.39, 0.29) is 23.7 Å². The first-order valence-corrected chi connectivity index (χ1v) is 13.1. The summed E-state index contributed by atoms with van der Waals surface area (Å²) in [6, 6.07) is 20.5. The third-order valence-electron chi connectivity index (χ3n) is 6.82. The van der Waals surface area contributed by atoms with Gasteiger partial charge in [0.15, 0.2) is 0 Å². The van der Waals surface area contributed by atoms with Crippen LogP contribution in [0.3, 0.4) is 0 Å². The summed E-state index contributed by atoms with van der Waals surface area (Å²) in [7, 11) is 1.37. The molecule has 1 aliphatic rings. The topological polar surface area (TPSA) is 84.9 Å². The third kappa shape index (κ3) is 6.22. The number of nitrogens with zero attached hydrogens (tertiary/aromatic N) is 1. The van der Waals surface area contributed by atoms with Crippen LogP contribution in [0.5, 0.6) is 5.75 Å². The van der Waals surface area contributed by atoms with Crippen molar-refractivity contribution in [1.82, 2.24) is 4.90 Å². The molecule has 7 heteroatoms. The molecule has 1 aliphatic heterocycles. The standard InChI is InChI=1S/C31H34N2O5/c1-4-6-17-38-27-15-11-23(12-16-27)29(34)32-26-13-9-22(10-14-26)24-7-8-25-20-33(30(35)28(25)18-24)19-21(5-2)31(36)37-3/h7-16,18,21H,4-6,17,19-20H2,1-3H3,(H,32,34). The normalized spacial score (nSPS) is 13.1. The molecule has 7 nitrogen and oxygen atoms in total. The minimum absolute atomic E-state index is 0.0742. The molecule has 1 unspecified atom stereocenters. The van der Waals surface area contributed by atoms with Crippen molar-refractivity contribution in [2.24, 2.45) is 5.92 Å². The summed E-state index contributed by atoms with van der Waals surface area (Å²) in [6.07, 6.45) is 2.68. The van der Waals surface area contributed by atoms with Crippen molar-refractivity contribution in [1.29, 1.82) is 0 Å². The number of benzene rings is 3. The molecule has 0 spiro atoms. The highest BCUT2D eigenvalue weighted by molar-refractivity contribution is 6.04. The van der Waals surface area contributed by atoms with Gasteiger partial charge < -0.3 is 19.7 Å². The number of hydrogen-bond acceptors (Lipinski definition) is 5. The number of hydrogen-bond donors (Lipinski definition) is 1. The maximum absolute atomic E-state index is 13.1. The number of unbranched alkanes of at least 4 members (excludes halogenated alkanes) is 1. The van der Waals surface area contributed by atoms with Crippen molar-refractivity contribution >= 4 is 23.5 Å².